The second kappa shape index (κ2) is 7.29. The molecule has 0 bridgehead atoms. The van der Waals surface area contributed by atoms with E-state index in [1.807, 2.05) is 74.5 Å². The van der Waals surface area contributed by atoms with Gasteiger partial charge in [-0.25, -0.2) is 10.0 Å². The second-order valence-corrected chi connectivity index (χ2v) is 7.51. The van der Waals surface area contributed by atoms with Gasteiger partial charge in [-0.3, -0.25) is 9.59 Å². The highest BCUT2D eigenvalue weighted by atomic mass is 16.5. The van der Waals surface area contributed by atoms with Crippen LogP contribution in [-0.2, 0) is 14.3 Å². The summed E-state index contributed by atoms with van der Waals surface area (Å²) in [6.07, 6.45) is 1.77. The van der Waals surface area contributed by atoms with Gasteiger partial charge in [-0.05, 0) is 32.4 Å². The minimum absolute atomic E-state index is 0.257. The Kier molecular flexibility index (Phi) is 4.80. The average molecular weight is 389 g/mol. The number of amides is 1. The number of benzene rings is 2. The molecule has 0 aromatic heterocycles. The Morgan fingerprint density at radius 2 is 1.72 bits per heavy atom. The Balaban J connectivity index is 1.75. The number of ether oxygens (including phenoxy) is 1. The van der Waals surface area contributed by atoms with Crippen LogP contribution in [0.2, 0.25) is 0 Å². The normalized spacial score (nSPS) is 23.8. The van der Waals surface area contributed by atoms with E-state index < -0.39 is 11.6 Å². The van der Waals surface area contributed by atoms with Gasteiger partial charge >= 0.3 is 5.97 Å². The van der Waals surface area contributed by atoms with Crippen molar-refractivity contribution in [3.8, 4) is 0 Å². The van der Waals surface area contributed by atoms with Crippen LogP contribution in [0.25, 0.3) is 6.08 Å². The number of aliphatic imine (C=N–C) groups is 1. The van der Waals surface area contributed by atoms with E-state index in [4.69, 9.17) is 4.74 Å². The molecule has 2 aliphatic rings. The van der Waals surface area contributed by atoms with Gasteiger partial charge in [-0.2, -0.15) is 5.01 Å². The van der Waals surface area contributed by atoms with Gasteiger partial charge in [0.15, 0.2) is 5.84 Å². The monoisotopic (exact) mass is 389 g/mol. The van der Waals surface area contributed by atoms with Crippen LogP contribution >= 0.6 is 0 Å². The van der Waals surface area contributed by atoms with Crippen LogP contribution in [0, 0.1) is 0 Å². The van der Waals surface area contributed by atoms with Crippen molar-refractivity contribution in [3.63, 3.8) is 0 Å². The number of hydrazine groups is 1. The van der Waals surface area contributed by atoms with Crippen LogP contribution in [0.15, 0.2) is 71.4 Å². The first-order valence-electron chi connectivity index (χ1n) is 9.66. The fourth-order valence-corrected chi connectivity index (χ4v) is 3.64. The average Bonchev–Trinajstić information content (AvgIpc) is 3.15. The molecule has 0 N–H and O–H groups in total. The number of hydrogen-bond donors (Lipinski definition) is 0. The van der Waals surface area contributed by atoms with Crippen LogP contribution < -0.4 is 0 Å². The van der Waals surface area contributed by atoms with Gasteiger partial charge < -0.3 is 4.74 Å². The lowest BCUT2D eigenvalue weighted by Crippen LogP contribution is -2.41. The molecule has 1 fully saturated rings. The zero-order chi connectivity index (χ0) is 20.6. The van der Waals surface area contributed by atoms with E-state index in [0.29, 0.717) is 18.1 Å². The molecule has 2 aromatic rings. The molecular weight excluding hydrogens is 366 g/mol. The molecule has 2 heterocycles. The minimum Gasteiger partial charge on any atom is -0.465 e. The molecular formula is C23H23N3O3. The molecule has 6 heteroatoms. The molecule has 2 aliphatic heterocycles. The van der Waals surface area contributed by atoms with Crippen LogP contribution in [0.5, 0.6) is 0 Å². The topological polar surface area (TPSA) is 62.0 Å². The van der Waals surface area contributed by atoms with Crippen molar-refractivity contribution >= 4 is 23.8 Å². The summed E-state index contributed by atoms with van der Waals surface area (Å²) in [5.74, 6) is -0.0802. The molecule has 0 spiro atoms. The van der Waals surface area contributed by atoms with Crippen molar-refractivity contribution in [2.45, 2.75) is 32.4 Å². The van der Waals surface area contributed by atoms with E-state index in [-0.39, 0.29) is 11.9 Å². The number of nitrogens with zero attached hydrogens (tertiary/aromatic N) is 3. The summed E-state index contributed by atoms with van der Waals surface area (Å²) in [4.78, 5) is 30.4. The summed E-state index contributed by atoms with van der Waals surface area (Å²) in [7, 11) is 0. The van der Waals surface area contributed by atoms with E-state index in [1.165, 1.54) is 5.01 Å². The van der Waals surface area contributed by atoms with E-state index in [0.717, 1.165) is 11.1 Å². The fraction of sp³-hybridized carbons (Fsp3) is 0.261. The van der Waals surface area contributed by atoms with Gasteiger partial charge in [0.1, 0.15) is 11.7 Å². The molecule has 6 nitrogen and oxygen atoms in total. The lowest BCUT2D eigenvalue weighted by Gasteiger charge is -2.21. The summed E-state index contributed by atoms with van der Waals surface area (Å²) in [6.45, 7) is 5.91. The number of amidine groups is 1. The molecule has 1 amide bonds. The highest BCUT2D eigenvalue weighted by Crippen LogP contribution is 2.45. The van der Waals surface area contributed by atoms with Crippen LogP contribution in [0.1, 0.15) is 31.9 Å². The Hall–Kier alpha value is -3.25. The Labute approximate surface area is 170 Å². The lowest BCUT2D eigenvalue weighted by molar-refractivity contribution is -0.145. The van der Waals surface area contributed by atoms with Gasteiger partial charge in [-0.1, -0.05) is 60.7 Å². The first-order chi connectivity index (χ1) is 13.9. The molecule has 148 valence electrons. The maximum absolute atomic E-state index is 13.3. The Bertz CT molecular complexity index is 997. The zero-order valence-electron chi connectivity index (χ0n) is 16.7. The predicted molar refractivity (Wildman–Crippen MR) is 111 cm³/mol. The summed E-state index contributed by atoms with van der Waals surface area (Å²) >= 11 is 0. The van der Waals surface area contributed by atoms with Crippen LogP contribution in [0.4, 0.5) is 0 Å². The van der Waals surface area contributed by atoms with Crippen molar-refractivity contribution in [1.29, 1.82) is 0 Å². The number of carbonyl (C=O) groups is 2. The molecule has 0 radical (unpaired) electrons. The predicted octanol–water partition coefficient (Wildman–Crippen LogP) is 3.26. The maximum Gasteiger partial charge on any atom is 0.327 e. The quantitative estimate of drug-likeness (QED) is 0.447. The molecule has 0 aliphatic carbocycles. The third-order valence-corrected chi connectivity index (χ3v) is 5.14. The first-order valence-corrected chi connectivity index (χ1v) is 9.66. The second-order valence-electron chi connectivity index (χ2n) is 7.51. The van der Waals surface area contributed by atoms with Gasteiger partial charge in [0, 0.05) is 5.56 Å². The SMILES string of the molecule is CCOC(=O)C1N(N2C(=O)/C(=C\c3ccccc3)N=C2c2ccccc2)C1(C)C. The zero-order valence-corrected chi connectivity index (χ0v) is 16.7. The van der Waals surface area contributed by atoms with E-state index in [9.17, 15) is 9.59 Å². The third kappa shape index (κ3) is 3.36. The van der Waals surface area contributed by atoms with E-state index >= 15 is 0 Å². The summed E-state index contributed by atoms with van der Waals surface area (Å²) in [5, 5.41) is 3.27. The maximum atomic E-state index is 13.3. The smallest absolute Gasteiger partial charge is 0.327 e. The standard InChI is InChI=1S/C23H23N3O3/c1-4-29-22(28)19-23(2,3)26(19)25-20(17-13-9-6-10-14-17)24-18(21(25)27)15-16-11-7-5-8-12-16/h5-15,19H,4H2,1-3H3/b18-15+. The number of rotatable bonds is 5. The molecule has 0 saturated carbocycles. The highest BCUT2D eigenvalue weighted by Gasteiger charge is 2.66. The first kappa shape index (κ1) is 19.1. The highest BCUT2D eigenvalue weighted by molar-refractivity contribution is 6.19. The van der Waals surface area contributed by atoms with Gasteiger partial charge in [0.05, 0.1) is 12.1 Å². The molecule has 29 heavy (non-hydrogen) atoms. The van der Waals surface area contributed by atoms with Crippen LogP contribution in [0.3, 0.4) is 0 Å². The summed E-state index contributed by atoms with van der Waals surface area (Å²) < 4.78 is 5.22. The van der Waals surface area contributed by atoms with Crippen molar-refractivity contribution < 1.29 is 14.3 Å². The number of esters is 1. The Morgan fingerprint density at radius 3 is 2.34 bits per heavy atom. The fourth-order valence-electron chi connectivity index (χ4n) is 3.64. The van der Waals surface area contributed by atoms with Crippen molar-refractivity contribution in [2.24, 2.45) is 4.99 Å². The molecule has 2 atom stereocenters. The van der Waals surface area contributed by atoms with Crippen molar-refractivity contribution in [2.75, 3.05) is 6.61 Å². The Morgan fingerprint density at radius 1 is 1.10 bits per heavy atom. The van der Waals surface area contributed by atoms with E-state index in [2.05, 4.69) is 4.99 Å². The lowest BCUT2D eigenvalue weighted by atomic mass is 10.1. The van der Waals surface area contributed by atoms with Crippen LogP contribution in [-0.4, -0.2) is 45.9 Å². The minimum atomic E-state index is -0.542. The summed E-state index contributed by atoms with van der Waals surface area (Å²) in [6, 6.07) is 18.6. The molecule has 2 aromatic carbocycles. The number of hydrogen-bond acceptors (Lipinski definition) is 5. The van der Waals surface area contributed by atoms with Gasteiger partial charge in [0.2, 0.25) is 0 Å². The van der Waals surface area contributed by atoms with Gasteiger partial charge in [0.25, 0.3) is 5.91 Å². The molecule has 2 unspecified atom stereocenters. The van der Waals surface area contributed by atoms with Gasteiger partial charge in [-0.15, -0.1) is 0 Å². The van der Waals surface area contributed by atoms with E-state index in [1.54, 1.807) is 18.0 Å². The molecule has 1 saturated heterocycles. The number of carbonyl (C=O) groups excluding carboxylic acids is 2. The largest absolute Gasteiger partial charge is 0.465 e. The third-order valence-electron chi connectivity index (χ3n) is 5.14. The van der Waals surface area contributed by atoms with Crippen molar-refractivity contribution in [3.05, 3.63) is 77.5 Å². The van der Waals surface area contributed by atoms with Crippen molar-refractivity contribution in [1.82, 2.24) is 10.0 Å². The molecule has 4 rings (SSSR count). The summed E-state index contributed by atoms with van der Waals surface area (Å²) in [5.41, 5.74) is 1.49.